The molecule has 0 spiro atoms. The molecule has 4 rings (SSSR count). The zero-order valence-corrected chi connectivity index (χ0v) is 21.3. The standard InChI is InChI=1S/C23H32IN7O2/c1-2-3-12-33-23-27-21(25)20-22(28-23)30(16-19(32)26-20)15-18-7-4-6-17(13-18)14-29-8-5-9-31(24)11-10-29/h4,6-7,13H,2-3,5,8-12,14-16H2,1H3,(H,26,32)(H2,25,27,28). The Hall–Kier alpha value is -2.18. The van der Waals surface area contributed by atoms with E-state index in [4.69, 9.17) is 10.5 Å². The molecule has 0 atom stereocenters. The molecule has 10 heteroatoms. The number of carbonyl (C=O) groups excluding carboxylic acids is 1. The SMILES string of the molecule is CCCCOc1nc(N)c2c(n1)N(Cc1cccc(CN3CCCN(I)CC3)c1)CC(=O)N2. The number of fused-ring (bicyclic) bond motifs is 1. The van der Waals surface area contributed by atoms with Gasteiger partial charge in [0, 0.05) is 55.6 Å². The maximum Gasteiger partial charge on any atom is 0.320 e. The van der Waals surface area contributed by atoms with Crippen molar-refractivity contribution >= 4 is 46.1 Å². The van der Waals surface area contributed by atoms with Crippen LogP contribution in [0.5, 0.6) is 6.01 Å². The van der Waals surface area contributed by atoms with E-state index < -0.39 is 0 Å². The lowest BCUT2D eigenvalue weighted by atomic mass is 10.1. The van der Waals surface area contributed by atoms with Gasteiger partial charge in [0.1, 0.15) is 5.69 Å². The quantitative estimate of drug-likeness (QED) is 0.287. The summed E-state index contributed by atoms with van der Waals surface area (Å²) in [4.78, 5) is 25.6. The van der Waals surface area contributed by atoms with Crippen LogP contribution in [0.2, 0.25) is 0 Å². The number of benzene rings is 1. The Morgan fingerprint density at radius 1 is 1.15 bits per heavy atom. The van der Waals surface area contributed by atoms with Gasteiger partial charge < -0.3 is 20.7 Å². The number of amides is 1. The molecule has 178 valence electrons. The average molecular weight is 565 g/mol. The lowest BCUT2D eigenvalue weighted by Gasteiger charge is -2.30. The van der Waals surface area contributed by atoms with E-state index in [2.05, 4.69) is 77.4 Å². The van der Waals surface area contributed by atoms with E-state index in [1.54, 1.807) is 0 Å². The normalized spacial score (nSPS) is 17.4. The van der Waals surface area contributed by atoms with Gasteiger partial charge in [-0.05, 0) is 30.5 Å². The zero-order valence-electron chi connectivity index (χ0n) is 19.1. The predicted molar refractivity (Wildman–Crippen MR) is 138 cm³/mol. The van der Waals surface area contributed by atoms with Crippen molar-refractivity contribution in [3.63, 3.8) is 0 Å². The van der Waals surface area contributed by atoms with Crippen LogP contribution in [0.4, 0.5) is 17.3 Å². The summed E-state index contributed by atoms with van der Waals surface area (Å²) in [5.74, 6) is 0.707. The summed E-state index contributed by atoms with van der Waals surface area (Å²) in [6.07, 6.45) is 3.12. The molecule has 0 radical (unpaired) electrons. The van der Waals surface area contributed by atoms with Crippen molar-refractivity contribution in [3.05, 3.63) is 35.4 Å². The predicted octanol–water partition coefficient (Wildman–Crippen LogP) is 3.05. The molecule has 0 saturated carbocycles. The maximum absolute atomic E-state index is 12.4. The van der Waals surface area contributed by atoms with Crippen LogP contribution in [0.15, 0.2) is 24.3 Å². The first-order chi connectivity index (χ1) is 16.0. The third-order valence-corrected chi connectivity index (χ3v) is 6.79. The third kappa shape index (κ3) is 6.45. The second kappa shape index (κ2) is 11.3. The Balaban J connectivity index is 1.50. The number of nitrogen functional groups attached to an aromatic ring is 1. The van der Waals surface area contributed by atoms with Gasteiger partial charge in [-0.1, -0.05) is 37.6 Å². The van der Waals surface area contributed by atoms with E-state index >= 15 is 0 Å². The highest BCUT2D eigenvalue weighted by Crippen LogP contribution is 2.34. The minimum absolute atomic E-state index is 0.124. The molecule has 1 aromatic carbocycles. The van der Waals surface area contributed by atoms with Crippen LogP contribution in [0.1, 0.15) is 37.3 Å². The number of hydrogen-bond donors (Lipinski definition) is 2. The largest absolute Gasteiger partial charge is 0.463 e. The highest BCUT2D eigenvalue weighted by Gasteiger charge is 2.27. The molecule has 1 saturated heterocycles. The van der Waals surface area contributed by atoms with Crippen molar-refractivity contribution in [2.75, 3.05) is 55.3 Å². The molecular weight excluding hydrogens is 533 g/mol. The smallest absolute Gasteiger partial charge is 0.320 e. The van der Waals surface area contributed by atoms with Crippen LogP contribution in [-0.2, 0) is 17.9 Å². The van der Waals surface area contributed by atoms with Crippen LogP contribution >= 0.6 is 22.9 Å². The van der Waals surface area contributed by atoms with Gasteiger partial charge in [-0.2, -0.15) is 9.97 Å². The molecule has 0 bridgehead atoms. The van der Waals surface area contributed by atoms with Gasteiger partial charge in [-0.3, -0.25) is 9.69 Å². The van der Waals surface area contributed by atoms with Gasteiger partial charge in [0.25, 0.3) is 0 Å². The number of halogens is 1. The van der Waals surface area contributed by atoms with E-state index in [-0.39, 0.29) is 24.3 Å². The van der Waals surface area contributed by atoms with E-state index in [0.717, 1.165) is 51.1 Å². The number of nitrogens with two attached hydrogens (primary N) is 1. The number of nitrogens with zero attached hydrogens (tertiary/aromatic N) is 5. The second-order valence-corrected chi connectivity index (χ2v) is 9.92. The van der Waals surface area contributed by atoms with Gasteiger partial charge in [0.2, 0.25) is 5.91 Å². The Morgan fingerprint density at radius 3 is 2.79 bits per heavy atom. The van der Waals surface area contributed by atoms with Crippen molar-refractivity contribution in [1.82, 2.24) is 18.0 Å². The van der Waals surface area contributed by atoms with Crippen LogP contribution in [0.3, 0.4) is 0 Å². The Labute approximate surface area is 209 Å². The van der Waals surface area contributed by atoms with E-state index in [9.17, 15) is 4.79 Å². The molecule has 2 aliphatic rings. The molecule has 9 nitrogen and oxygen atoms in total. The lowest BCUT2D eigenvalue weighted by Crippen LogP contribution is -2.39. The van der Waals surface area contributed by atoms with Gasteiger partial charge in [-0.15, -0.1) is 0 Å². The van der Waals surface area contributed by atoms with Crippen LogP contribution in [0.25, 0.3) is 0 Å². The fourth-order valence-corrected chi connectivity index (χ4v) is 4.68. The fraction of sp³-hybridized carbons (Fsp3) is 0.522. The van der Waals surface area contributed by atoms with E-state index in [1.165, 1.54) is 12.0 Å². The summed E-state index contributed by atoms with van der Waals surface area (Å²) in [5, 5.41) is 2.82. The molecule has 3 heterocycles. The zero-order chi connectivity index (χ0) is 23.2. The Kier molecular flexibility index (Phi) is 8.20. The number of rotatable bonds is 8. The summed E-state index contributed by atoms with van der Waals surface area (Å²) in [5.41, 5.74) is 9.00. The van der Waals surface area contributed by atoms with Crippen molar-refractivity contribution in [1.29, 1.82) is 0 Å². The maximum atomic E-state index is 12.4. The Bertz CT molecular complexity index is 974. The monoisotopic (exact) mass is 565 g/mol. The van der Waals surface area contributed by atoms with Gasteiger partial charge in [0.15, 0.2) is 11.6 Å². The summed E-state index contributed by atoms with van der Waals surface area (Å²) in [7, 11) is 0. The highest BCUT2D eigenvalue weighted by molar-refractivity contribution is 14.1. The van der Waals surface area contributed by atoms with Gasteiger partial charge >= 0.3 is 6.01 Å². The highest BCUT2D eigenvalue weighted by atomic mass is 127. The number of carbonyl (C=O) groups is 1. The number of hydrogen-bond acceptors (Lipinski definition) is 8. The topological polar surface area (TPSA) is 99.8 Å². The number of unbranched alkanes of at least 4 members (excludes halogenated alkanes) is 1. The third-order valence-electron chi connectivity index (χ3n) is 5.83. The molecule has 2 aliphatic heterocycles. The Morgan fingerprint density at radius 2 is 1.97 bits per heavy atom. The fourth-order valence-electron chi connectivity index (χ4n) is 4.13. The molecule has 0 unspecified atom stereocenters. The molecule has 33 heavy (non-hydrogen) atoms. The minimum Gasteiger partial charge on any atom is -0.463 e. The first-order valence-electron chi connectivity index (χ1n) is 11.6. The number of aromatic nitrogens is 2. The number of ether oxygens (including phenoxy) is 1. The van der Waals surface area contributed by atoms with Gasteiger partial charge in [-0.25, -0.2) is 3.11 Å². The first kappa shape index (κ1) is 24.0. The molecule has 3 N–H and O–H groups in total. The second-order valence-electron chi connectivity index (χ2n) is 8.56. The molecule has 1 amide bonds. The first-order valence-corrected chi connectivity index (χ1v) is 12.5. The van der Waals surface area contributed by atoms with Gasteiger partial charge in [0.05, 0.1) is 13.2 Å². The molecule has 1 aromatic heterocycles. The summed E-state index contributed by atoms with van der Waals surface area (Å²) < 4.78 is 8.05. The van der Waals surface area contributed by atoms with Crippen LogP contribution < -0.4 is 20.7 Å². The number of nitrogens with one attached hydrogen (secondary N) is 1. The van der Waals surface area contributed by atoms with Crippen LogP contribution in [-0.4, -0.2) is 63.2 Å². The summed E-state index contributed by atoms with van der Waals surface area (Å²) >= 11 is 2.41. The molecule has 0 aliphatic carbocycles. The van der Waals surface area contributed by atoms with Crippen molar-refractivity contribution in [2.24, 2.45) is 0 Å². The number of anilines is 3. The van der Waals surface area contributed by atoms with E-state index in [0.29, 0.717) is 24.7 Å². The van der Waals surface area contributed by atoms with Crippen molar-refractivity contribution < 1.29 is 9.53 Å². The molecular formula is C23H32IN7O2. The average Bonchev–Trinajstić information content (AvgIpc) is 2.99. The van der Waals surface area contributed by atoms with Crippen LogP contribution in [0, 0.1) is 0 Å². The summed E-state index contributed by atoms with van der Waals surface area (Å²) in [6, 6.07) is 8.83. The molecule has 2 aromatic rings. The summed E-state index contributed by atoms with van der Waals surface area (Å²) in [6.45, 7) is 8.74. The van der Waals surface area contributed by atoms with Crippen molar-refractivity contribution in [3.8, 4) is 6.01 Å². The van der Waals surface area contributed by atoms with E-state index in [1.807, 2.05) is 4.90 Å². The lowest BCUT2D eigenvalue weighted by molar-refractivity contribution is -0.115. The molecule has 1 fully saturated rings. The minimum atomic E-state index is -0.124. The van der Waals surface area contributed by atoms with Crippen molar-refractivity contribution in [2.45, 2.75) is 39.3 Å².